The second-order valence-corrected chi connectivity index (χ2v) is 8.35. The maximum absolute atomic E-state index is 12.5. The van der Waals surface area contributed by atoms with Gasteiger partial charge in [-0.25, -0.2) is 4.98 Å². The molecule has 3 aromatic carbocycles. The molecule has 0 radical (unpaired) electrons. The van der Waals surface area contributed by atoms with E-state index in [1.54, 1.807) is 18.2 Å². The minimum absolute atomic E-state index is 0.235. The third kappa shape index (κ3) is 4.28. The van der Waals surface area contributed by atoms with Crippen molar-refractivity contribution in [2.24, 2.45) is 0 Å². The van der Waals surface area contributed by atoms with Gasteiger partial charge in [0, 0.05) is 17.7 Å². The van der Waals surface area contributed by atoms with Gasteiger partial charge in [0.25, 0.3) is 5.91 Å². The van der Waals surface area contributed by atoms with Crippen molar-refractivity contribution >= 4 is 28.6 Å². The standard InChI is InChI=1S/C27H21ClN2O3/c1-16-13-22-25(14-17(16)2)33-27(30-22)19-9-7-18(8-10-19)15-29-26(31)24-12-11-23(32-24)20-5-3-4-6-21(20)28/h3-14H,15H2,1-2H3,(H,29,31). The van der Waals surface area contributed by atoms with Crippen molar-refractivity contribution in [2.45, 2.75) is 20.4 Å². The SMILES string of the molecule is Cc1cc2nc(-c3ccc(CNC(=O)c4ccc(-c5ccccc5Cl)o4)cc3)oc2cc1C. The molecular weight excluding hydrogens is 436 g/mol. The lowest BCUT2D eigenvalue weighted by molar-refractivity contribution is 0.0924. The summed E-state index contributed by atoms with van der Waals surface area (Å²) in [4.78, 5) is 17.1. The lowest BCUT2D eigenvalue weighted by atomic mass is 10.1. The Morgan fingerprint density at radius 1 is 0.939 bits per heavy atom. The van der Waals surface area contributed by atoms with E-state index in [0.29, 0.717) is 23.2 Å². The molecule has 164 valence electrons. The maximum Gasteiger partial charge on any atom is 0.287 e. The van der Waals surface area contributed by atoms with Gasteiger partial charge in [-0.3, -0.25) is 4.79 Å². The zero-order valence-corrected chi connectivity index (χ0v) is 18.9. The first kappa shape index (κ1) is 21.0. The number of fused-ring (bicyclic) bond motifs is 1. The Kier molecular flexibility index (Phi) is 5.48. The van der Waals surface area contributed by atoms with Crippen molar-refractivity contribution in [1.29, 1.82) is 0 Å². The predicted molar refractivity (Wildman–Crippen MR) is 129 cm³/mol. The summed E-state index contributed by atoms with van der Waals surface area (Å²) in [6, 6.07) is 22.6. The van der Waals surface area contributed by atoms with Crippen molar-refractivity contribution in [3.63, 3.8) is 0 Å². The number of amides is 1. The first-order valence-corrected chi connectivity index (χ1v) is 11.0. The zero-order chi connectivity index (χ0) is 22.9. The molecule has 5 nitrogen and oxygen atoms in total. The van der Waals surface area contributed by atoms with Crippen LogP contribution in [0.25, 0.3) is 33.9 Å². The van der Waals surface area contributed by atoms with E-state index in [0.717, 1.165) is 27.8 Å². The summed E-state index contributed by atoms with van der Waals surface area (Å²) in [5, 5.41) is 3.46. The quantitative estimate of drug-likeness (QED) is 0.310. The molecule has 0 aliphatic heterocycles. The van der Waals surface area contributed by atoms with E-state index >= 15 is 0 Å². The molecule has 33 heavy (non-hydrogen) atoms. The molecule has 0 fully saturated rings. The van der Waals surface area contributed by atoms with E-state index in [1.807, 2.05) is 54.6 Å². The van der Waals surface area contributed by atoms with E-state index in [-0.39, 0.29) is 11.7 Å². The third-order valence-corrected chi connectivity index (χ3v) is 5.96. The number of rotatable bonds is 5. The number of nitrogens with one attached hydrogen (secondary N) is 1. The van der Waals surface area contributed by atoms with Crippen LogP contribution in [-0.4, -0.2) is 10.9 Å². The van der Waals surface area contributed by atoms with Crippen LogP contribution in [-0.2, 0) is 6.54 Å². The van der Waals surface area contributed by atoms with Crippen LogP contribution in [0.4, 0.5) is 0 Å². The highest BCUT2D eigenvalue weighted by atomic mass is 35.5. The number of aromatic nitrogens is 1. The van der Waals surface area contributed by atoms with E-state index in [9.17, 15) is 4.79 Å². The van der Waals surface area contributed by atoms with Crippen LogP contribution >= 0.6 is 11.6 Å². The normalized spacial score (nSPS) is 11.1. The molecule has 0 bridgehead atoms. The van der Waals surface area contributed by atoms with Crippen molar-refractivity contribution < 1.29 is 13.6 Å². The summed E-state index contributed by atoms with van der Waals surface area (Å²) in [6.07, 6.45) is 0. The van der Waals surface area contributed by atoms with E-state index in [1.165, 1.54) is 11.1 Å². The fourth-order valence-electron chi connectivity index (χ4n) is 3.60. The van der Waals surface area contributed by atoms with Gasteiger partial charge >= 0.3 is 0 Å². The van der Waals surface area contributed by atoms with Crippen LogP contribution in [0.2, 0.25) is 5.02 Å². The van der Waals surface area contributed by atoms with E-state index < -0.39 is 0 Å². The Balaban J connectivity index is 1.26. The Bertz CT molecular complexity index is 1430. The molecule has 0 atom stereocenters. The molecule has 2 heterocycles. The molecular formula is C27H21ClN2O3. The molecule has 1 N–H and O–H groups in total. The monoisotopic (exact) mass is 456 g/mol. The van der Waals surface area contributed by atoms with Crippen molar-refractivity contribution in [2.75, 3.05) is 0 Å². The summed E-state index contributed by atoms with van der Waals surface area (Å²) in [6.45, 7) is 4.49. The topological polar surface area (TPSA) is 68.3 Å². The van der Waals surface area contributed by atoms with Crippen LogP contribution in [0.3, 0.4) is 0 Å². The molecule has 0 aliphatic rings. The number of hydrogen-bond acceptors (Lipinski definition) is 4. The van der Waals surface area contributed by atoms with Crippen molar-refractivity contribution in [1.82, 2.24) is 10.3 Å². The number of aryl methyl sites for hydroxylation is 2. The average molecular weight is 457 g/mol. The number of halogens is 1. The highest BCUT2D eigenvalue weighted by Gasteiger charge is 2.14. The van der Waals surface area contributed by atoms with Crippen molar-refractivity contribution in [3.8, 4) is 22.8 Å². The number of furan rings is 1. The summed E-state index contributed by atoms with van der Waals surface area (Å²) < 4.78 is 11.6. The van der Waals surface area contributed by atoms with Crippen molar-refractivity contribution in [3.05, 3.63) is 100 Å². The number of carbonyl (C=O) groups excluding carboxylic acids is 1. The van der Waals surface area contributed by atoms with Crippen LogP contribution < -0.4 is 5.32 Å². The van der Waals surface area contributed by atoms with Gasteiger partial charge in [-0.15, -0.1) is 0 Å². The number of carbonyl (C=O) groups is 1. The minimum Gasteiger partial charge on any atom is -0.451 e. The van der Waals surface area contributed by atoms with Gasteiger partial charge in [0.05, 0.1) is 5.02 Å². The Morgan fingerprint density at radius 2 is 1.70 bits per heavy atom. The average Bonchev–Trinajstić information content (AvgIpc) is 3.46. The lowest BCUT2D eigenvalue weighted by Crippen LogP contribution is -2.22. The first-order chi connectivity index (χ1) is 16.0. The zero-order valence-electron chi connectivity index (χ0n) is 18.2. The molecule has 0 saturated carbocycles. The highest BCUT2D eigenvalue weighted by molar-refractivity contribution is 6.33. The Morgan fingerprint density at radius 3 is 2.48 bits per heavy atom. The van der Waals surface area contributed by atoms with Gasteiger partial charge < -0.3 is 14.2 Å². The van der Waals surface area contributed by atoms with E-state index in [4.69, 9.17) is 20.4 Å². The van der Waals surface area contributed by atoms with Gasteiger partial charge in [0.15, 0.2) is 11.3 Å². The largest absolute Gasteiger partial charge is 0.451 e. The van der Waals surface area contributed by atoms with Crippen LogP contribution in [0.5, 0.6) is 0 Å². The van der Waals surface area contributed by atoms with Gasteiger partial charge in [0.2, 0.25) is 5.89 Å². The highest BCUT2D eigenvalue weighted by Crippen LogP contribution is 2.29. The minimum atomic E-state index is -0.290. The molecule has 0 unspecified atom stereocenters. The summed E-state index contributed by atoms with van der Waals surface area (Å²) >= 11 is 6.21. The Hall–Kier alpha value is -3.83. The molecule has 0 aliphatic carbocycles. The maximum atomic E-state index is 12.5. The third-order valence-electron chi connectivity index (χ3n) is 5.63. The number of hydrogen-bond donors (Lipinski definition) is 1. The van der Waals surface area contributed by atoms with E-state index in [2.05, 4.69) is 24.1 Å². The smallest absolute Gasteiger partial charge is 0.287 e. The summed E-state index contributed by atoms with van der Waals surface area (Å²) in [5.74, 6) is 1.08. The molecule has 5 aromatic rings. The molecule has 0 saturated heterocycles. The van der Waals surface area contributed by atoms with Crippen LogP contribution in [0.15, 0.2) is 81.6 Å². The summed E-state index contributed by atoms with van der Waals surface area (Å²) in [7, 11) is 0. The number of oxazole rings is 1. The van der Waals surface area contributed by atoms with Crippen LogP contribution in [0, 0.1) is 13.8 Å². The number of benzene rings is 3. The lowest BCUT2D eigenvalue weighted by Gasteiger charge is -2.05. The van der Waals surface area contributed by atoms with Gasteiger partial charge in [0.1, 0.15) is 11.3 Å². The second-order valence-electron chi connectivity index (χ2n) is 7.95. The molecule has 2 aromatic heterocycles. The second kappa shape index (κ2) is 8.60. The fourth-order valence-corrected chi connectivity index (χ4v) is 3.83. The molecule has 0 spiro atoms. The predicted octanol–water partition coefficient (Wildman–Crippen LogP) is 6.96. The van der Waals surface area contributed by atoms with Gasteiger partial charge in [-0.05, 0) is 79.1 Å². The Labute approximate surface area is 196 Å². The van der Waals surface area contributed by atoms with Gasteiger partial charge in [-0.2, -0.15) is 0 Å². The molecule has 5 rings (SSSR count). The van der Waals surface area contributed by atoms with Crippen LogP contribution in [0.1, 0.15) is 27.2 Å². The number of nitrogens with zero attached hydrogens (tertiary/aromatic N) is 1. The molecule has 6 heteroatoms. The van der Waals surface area contributed by atoms with Gasteiger partial charge in [-0.1, -0.05) is 35.9 Å². The first-order valence-electron chi connectivity index (χ1n) is 10.6. The summed E-state index contributed by atoms with van der Waals surface area (Å²) in [5.41, 5.74) is 6.56. The molecule has 1 amide bonds. The fraction of sp³-hybridized carbons (Fsp3) is 0.111.